The standard InChI is InChI=1S/C38H50N4O5S/c1-40(22-23-48(44,45)39-25-28-12-6-4-7-13-28)20-21-41(2)26-31-27-42-34-24-30(38(43)46-3)18-19-32(34)36(29-14-8-5-9-15-29)37(42)33-16-10-11-17-35(33)47-31/h4,6-7,10-13,16-19,24,29,31,39,44-45H,5,8-9,14-15,20-23,25-27H2,1-3H3. The van der Waals surface area contributed by atoms with Gasteiger partial charge >= 0.3 is 5.97 Å². The van der Waals surface area contributed by atoms with Crippen molar-refractivity contribution in [3.63, 3.8) is 0 Å². The predicted molar refractivity (Wildman–Crippen MR) is 195 cm³/mol. The average molecular weight is 675 g/mol. The number of para-hydroxylation sites is 1. The lowest BCUT2D eigenvalue weighted by molar-refractivity contribution is 0.0601. The van der Waals surface area contributed by atoms with Crippen molar-refractivity contribution in [1.29, 1.82) is 0 Å². The molecule has 1 aromatic heterocycles. The summed E-state index contributed by atoms with van der Waals surface area (Å²) in [6, 6.07) is 24.2. The van der Waals surface area contributed by atoms with Crippen LogP contribution in [-0.4, -0.2) is 88.7 Å². The lowest BCUT2D eigenvalue weighted by Gasteiger charge is -2.35. The van der Waals surface area contributed by atoms with Crippen molar-refractivity contribution in [3.8, 4) is 17.0 Å². The van der Waals surface area contributed by atoms with Crippen LogP contribution in [0.4, 0.5) is 0 Å². The number of methoxy groups -OCH3 is 1. The van der Waals surface area contributed by atoms with Crippen LogP contribution in [-0.2, 0) is 17.8 Å². The number of nitrogens with zero attached hydrogens (tertiary/aromatic N) is 3. The molecule has 258 valence electrons. The minimum atomic E-state index is -2.89. The summed E-state index contributed by atoms with van der Waals surface area (Å²) in [6.45, 7) is 3.94. The zero-order valence-corrected chi connectivity index (χ0v) is 29.3. The molecular formula is C38H50N4O5S. The number of ether oxygens (including phenoxy) is 2. The zero-order valence-electron chi connectivity index (χ0n) is 28.4. The highest BCUT2D eigenvalue weighted by atomic mass is 32.3. The minimum Gasteiger partial charge on any atom is -0.487 e. The number of hydrogen-bond acceptors (Lipinski definition) is 8. The maximum Gasteiger partial charge on any atom is 0.337 e. The molecule has 1 fully saturated rings. The van der Waals surface area contributed by atoms with Crippen LogP contribution in [0, 0.1) is 0 Å². The highest BCUT2D eigenvalue weighted by Crippen LogP contribution is 2.47. The maximum absolute atomic E-state index is 12.6. The molecule has 3 N–H and O–H groups in total. The van der Waals surface area contributed by atoms with Crippen molar-refractivity contribution in [1.82, 2.24) is 19.1 Å². The number of fused-ring (bicyclic) bond motifs is 5. The number of aromatic nitrogens is 1. The first kappa shape index (κ1) is 34.5. The summed E-state index contributed by atoms with van der Waals surface area (Å²) in [5.41, 5.74) is 6.35. The Morgan fingerprint density at radius 3 is 2.46 bits per heavy atom. The molecule has 0 radical (unpaired) electrons. The first-order valence-corrected chi connectivity index (χ1v) is 18.9. The topological polar surface area (TPSA) is 99.4 Å². The first-order valence-electron chi connectivity index (χ1n) is 17.1. The van der Waals surface area contributed by atoms with Crippen molar-refractivity contribution in [2.45, 2.75) is 57.2 Å². The van der Waals surface area contributed by atoms with E-state index in [4.69, 9.17) is 9.47 Å². The van der Waals surface area contributed by atoms with Gasteiger partial charge in [-0.2, -0.15) is 0 Å². The summed E-state index contributed by atoms with van der Waals surface area (Å²) in [5.74, 6) is 1.30. The van der Waals surface area contributed by atoms with Crippen LogP contribution in [0.25, 0.3) is 22.2 Å². The second-order valence-electron chi connectivity index (χ2n) is 13.4. The molecule has 1 atom stereocenters. The van der Waals surface area contributed by atoms with E-state index < -0.39 is 10.8 Å². The minimum absolute atomic E-state index is 0.117. The molecule has 1 unspecified atom stereocenters. The van der Waals surface area contributed by atoms with Crippen LogP contribution < -0.4 is 9.46 Å². The fraction of sp³-hybridized carbons (Fsp3) is 0.447. The summed E-state index contributed by atoms with van der Waals surface area (Å²) < 4.78 is 38.4. The molecule has 4 aromatic rings. The number of carbonyl (C=O) groups excluding carboxylic acids is 1. The van der Waals surface area contributed by atoms with E-state index in [0.29, 0.717) is 37.7 Å². The lowest BCUT2D eigenvalue weighted by Crippen LogP contribution is -2.40. The molecule has 2 heterocycles. The summed E-state index contributed by atoms with van der Waals surface area (Å²) in [7, 11) is 2.67. The second-order valence-corrected chi connectivity index (χ2v) is 15.4. The summed E-state index contributed by atoms with van der Waals surface area (Å²) in [4.78, 5) is 17.1. The van der Waals surface area contributed by atoms with Gasteiger partial charge in [0.25, 0.3) is 0 Å². The van der Waals surface area contributed by atoms with Gasteiger partial charge in [-0.1, -0.05) is 67.8 Å². The van der Waals surface area contributed by atoms with E-state index in [1.807, 2.05) is 55.6 Å². The van der Waals surface area contributed by atoms with E-state index >= 15 is 0 Å². The molecule has 10 heteroatoms. The molecule has 9 nitrogen and oxygen atoms in total. The van der Waals surface area contributed by atoms with Crippen LogP contribution in [0.3, 0.4) is 0 Å². The molecule has 48 heavy (non-hydrogen) atoms. The predicted octanol–water partition coefficient (Wildman–Crippen LogP) is 7.22. The zero-order chi connectivity index (χ0) is 33.7. The fourth-order valence-corrected chi connectivity index (χ4v) is 8.34. The Morgan fingerprint density at radius 2 is 1.69 bits per heavy atom. The lowest BCUT2D eigenvalue weighted by atomic mass is 9.81. The van der Waals surface area contributed by atoms with Crippen molar-refractivity contribution in [2.24, 2.45) is 0 Å². The molecule has 6 rings (SSSR count). The summed E-state index contributed by atoms with van der Waals surface area (Å²) >= 11 is 0. The van der Waals surface area contributed by atoms with Crippen LogP contribution in [0.2, 0.25) is 0 Å². The molecule has 1 aliphatic heterocycles. The molecule has 0 amide bonds. The van der Waals surface area contributed by atoms with Gasteiger partial charge < -0.3 is 23.8 Å². The Balaban J connectivity index is 1.17. The number of hydrogen-bond donors (Lipinski definition) is 3. The Morgan fingerprint density at radius 1 is 0.958 bits per heavy atom. The molecule has 2 aliphatic rings. The molecule has 1 aliphatic carbocycles. The van der Waals surface area contributed by atoms with Gasteiger partial charge in [0, 0.05) is 49.2 Å². The smallest absolute Gasteiger partial charge is 0.337 e. The van der Waals surface area contributed by atoms with Gasteiger partial charge in [0.15, 0.2) is 0 Å². The third-order valence-corrected chi connectivity index (χ3v) is 11.2. The highest BCUT2D eigenvalue weighted by Gasteiger charge is 2.32. The normalized spacial score (nSPS) is 17.2. The van der Waals surface area contributed by atoms with Gasteiger partial charge in [-0.15, -0.1) is 10.8 Å². The van der Waals surface area contributed by atoms with Gasteiger partial charge in [-0.05, 0) is 68.2 Å². The van der Waals surface area contributed by atoms with Gasteiger partial charge in [0.2, 0.25) is 0 Å². The van der Waals surface area contributed by atoms with E-state index in [-0.39, 0.29) is 17.8 Å². The maximum atomic E-state index is 12.6. The number of nitrogens with one attached hydrogen (secondary N) is 1. The van der Waals surface area contributed by atoms with Crippen molar-refractivity contribution in [3.05, 3.63) is 89.5 Å². The number of rotatable bonds is 13. The molecular weight excluding hydrogens is 625 g/mol. The summed E-state index contributed by atoms with van der Waals surface area (Å²) in [6.07, 6.45) is 5.99. The van der Waals surface area contributed by atoms with E-state index in [1.165, 1.54) is 55.9 Å². The molecule has 0 bridgehead atoms. The first-order chi connectivity index (χ1) is 23.2. The monoisotopic (exact) mass is 674 g/mol. The van der Waals surface area contributed by atoms with Crippen molar-refractivity contribution >= 4 is 27.6 Å². The number of benzene rings is 3. The van der Waals surface area contributed by atoms with Crippen molar-refractivity contribution in [2.75, 3.05) is 53.1 Å². The second kappa shape index (κ2) is 15.4. The Hall–Kier alpha value is -3.38. The van der Waals surface area contributed by atoms with E-state index in [9.17, 15) is 13.9 Å². The largest absolute Gasteiger partial charge is 0.487 e. The van der Waals surface area contributed by atoms with Crippen LogP contribution >= 0.6 is 10.8 Å². The third kappa shape index (κ3) is 8.07. The Labute approximate surface area is 286 Å². The molecule has 3 aromatic carbocycles. The van der Waals surface area contributed by atoms with Gasteiger partial charge in [-0.25, -0.2) is 9.52 Å². The third-order valence-electron chi connectivity index (χ3n) is 9.85. The van der Waals surface area contributed by atoms with Gasteiger partial charge in [0.05, 0.1) is 30.7 Å². The van der Waals surface area contributed by atoms with Crippen LogP contribution in [0.5, 0.6) is 5.75 Å². The van der Waals surface area contributed by atoms with E-state index in [2.05, 4.69) is 50.4 Å². The van der Waals surface area contributed by atoms with E-state index in [1.54, 1.807) is 0 Å². The number of carbonyl (C=O) groups is 1. The number of esters is 1. The fourth-order valence-electron chi connectivity index (χ4n) is 7.23. The molecule has 0 spiro atoms. The molecule has 1 saturated carbocycles. The average Bonchev–Trinajstić information content (AvgIpc) is 3.33. The number of likely N-dealkylation sites (N-methyl/N-ethyl adjacent to an activating group) is 2. The van der Waals surface area contributed by atoms with E-state index in [0.717, 1.165) is 35.5 Å². The van der Waals surface area contributed by atoms with Crippen molar-refractivity contribution < 1.29 is 23.4 Å². The summed E-state index contributed by atoms with van der Waals surface area (Å²) in [5, 5.41) is 1.22. The van der Waals surface area contributed by atoms with Crippen LogP contribution in [0.1, 0.15) is 59.5 Å². The van der Waals surface area contributed by atoms with Gasteiger partial charge in [-0.3, -0.25) is 9.11 Å². The van der Waals surface area contributed by atoms with Gasteiger partial charge in [0.1, 0.15) is 11.9 Å². The van der Waals surface area contributed by atoms with Crippen LogP contribution in [0.15, 0.2) is 72.8 Å². The molecule has 0 saturated heterocycles. The Bertz CT molecular complexity index is 1690. The SMILES string of the molecule is COC(=O)c1ccc2c(C3CCCCC3)c3n(c2c1)CC(CN(C)CCN(C)CCS(O)(O)NCc1ccccc1)Oc1ccccc1-3. The Kier molecular flexibility index (Phi) is 11.1. The quantitative estimate of drug-likeness (QED) is 0.128. The highest BCUT2D eigenvalue weighted by molar-refractivity contribution is 8.22.